The Kier molecular flexibility index (Phi) is 6.23. The molecule has 2 amide bonds. The smallest absolute Gasteiger partial charge is 0.405 e. The average Bonchev–Trinajstić information content (AvgIpc) is 2.89. The molecule has 8 nitrogen and oxygen atoms in total. The lowest BCUT2D eigenvalue weighted by atomic mass is 10.1. The molecule has 0 saturated heterocycles. The number of hydrogen-bond donors (Lipinski definition) is 3. The molecule has 12 heteroatoms. The normalized spacial score (nSPS) is 12.7. The van der Waals surface area contributed by atoms with Crippen LogP contribution in [0, 0.1) is 0 Å². The van der Waals surface area contributed by atoms with Gasteiger partial charge in [0.25, 0.3) is 15.9 Å². The van der Waals surface area contributed by atoms with E-state index < -0.39 is 57.5 Å². The van der Waals surface area contributed by atoms with Crippen molar-refractivity contribution in [3.63, 3.8) is 0 Å². The van der Waals surface area contributed by atoms with Crippen LogP contribution in [0.15, 0.2) is 21.6 Å². The zero-order valence-corrected chi connectivity index (χ0v) is 14.5. The first-order valence-corrected chi connectivity index (χ1v) is 8.43. The van der Waals surface area contributed by atoms with Crippen LogP contribution in [0.2, 0.25) is 0 Å². The molecule has 1 aromatic rings. The summed E-state index contributed by atoms with van der Waals surface area (Å²) >= 11 is 0. The number of carbonyl (C=O) groups is 2. The topological polar surface area (TPSA) is 118 Å². The minimum absolute atomic E-state index is 0.405. The molecule has 0 unspecified atom stereocenters. The molecule has 0 aliphatic carbocycles. The van der Waals surface area contributed by atoms with Crippen LogP contribution < -0.4 is 15.4 Å². The molecule has 0 aliphatic rings. The van der Waals surface area contributed by atoms with E-state index in [0.717, 1.165) is 12.1 Å². The van der Waals surface area contributed by atoms with Gasteiger partial charge in [0.2, 0.25) is 11.0 Å². The van der Waals surface area contributed by atoms with E-state index in [9.17, 15) is 31.2 Å². The van der Waals surface area contributed by atoms with Crippen LogP contribution in [0.25, 0.3) is 0 Å². The van der Waals surface area contributed by atoms with Crippen molar-refractivity contribution in [3.05, 3.63) is 17.9 Å². The van der Waals surface area contributed by atoms with Gasteiger partial charge in [0.1, 0.15) is 6.54 Å². The number of carbonyl (C=O) groups excluding carboxylic acids is 2. The second kappa shape index (κ2) is 7.44. The Morgan fingerprint density at radius 1 is 1.12 bits per heavy atom. The Labute approximate surface area is 142 Å². The molecule has 3 N–H and O–H groups in total. The molecule has 0 saturated carbocycles. The molecule has 0 aromatic carbocycles. The lowest BCUT2D eigenvalue weighted by Gasteiger charge is -2.18. The molecule has 0 atom stereocenters. The Hall–Kier alpha value is -2.08. The molecule has 1 rings (SSSR count). The van der Waals surface area contributed by atoms with E-state index in [1.165, 1.54) is 0 Å². The molecule has 0 bridgehead atoms. The predicted molar refractivity (Wildman–Crippen MR) is 80.2 cm³/mol. The SMILES string of the molecule is CC(C)(C)NS(=O)(=O)c1ccc(C(=O)NCC(=O)NCC(F)(F)F)o1. The zero-order chi connectivity index (χ0) is 19.5. The van der Waals surface area contributed by atoms with Crippen LogP contribution in [0.3, 0.4) is 0 Å². The molecular weight excluding hydrogens is 367 g/mol. The maximum atomic E-state index is 12.0. The highest BCUT2D eigenvalue weighted by atomic mass is 32.2. The maximum absolute atomic E-state index is 12.0. The second-order valence-corrected chi connectivity index (χ2v) is 7.66. The summed E-state index contributed by atoms with van der Waals surface area (Å²) in [6.45, 7) is 2.59. The number of rotatable bonds is 6. The van der Waals surface area contributed by atoms with Crippen LogP contribution in [-0.4, -0.2) is 45.0 Å². The van der Waals surface area contributed by atoms with Crippen molar-refractivity contribution in [1.82, 2.24) is 15.4 Å². The van der Waals surface area contributed by atoms with Gasteiger partial charge in [-0.25, -0.2) is 13.1 Å². The Balaban J connectivity index is 2.64. The van der Waals surface area contributed by atoms with Gasteiger partial charge in [0.15, 0.2) is 5.76 Å². The summed E-state index contributed by atoms with van der Waals surface area (Å²) in [5.41, 5.74) is -0.773. The van der Waals surface area contributed by atoms with Crippen LogP contribution in [-0.2, 0) is 14.8 Å². The van der Waals surface area contributed by atoms with Gasteiger partial charge in [-0.3, -0.25) is 9.59 Å². The molecule has 25 heavy (non-hydrogen) atoms. The van der Waals surface area contributed by atoms with Gasteiger partial charge in [-0.2, -0.15) is 13.2 Å². The van der Waals surface area contributed by atoms with Crippen LogP contribution >= 0.6 is 0 Å². The van der Waals surface area contributed by atoms with Crippen molar-refractivity contribution in [2.45, 2.75) is 37.6 Å². The highest BCUT2D eigenvalue weighted by Crippen LogP contribution is 2.16. The summed E-state index contributed by atoms with van der Waals surface area (Å²) in [6, 6.07) is 2.12. The average molecular weight is 385 g/mol. The highest BCUT2D eigenvalue weighted by Gasteiger charge is 2.28. The van der Waals surface area contributed by atoms with Gasteiger partial charge in [0.05, 0.1) is 6.54 Å². The fourth-order valence-corrected chi connectivity index (χ4v) is 2.90. The Morgan fingerprint density at radius 2 is 1.72 bits per heavy atom. The fraction of sp³-hybridized carbons (Fsp3) is 0.538. The lowest BCUT2D eigenvalue weighted by molar-refractivity contribution is -0.137. The zero-order valence-electron chi connectivity index (χ0n) is 13.7. The van der Waals surface area contributed by atoms with Crippen LogP contribution in [0.1, 0.15) is 31.3 Å². The Morgan fingerprint density at radius 3 is 2.24 bits per heavy atom. The van der Waals surface area contributed by atoms with E-state index in [1.807, 2.05) is 5.32 Å². The number of sulfonamides is 1. The van der Waals surface area contributed by atoms with Crippen molar-refractivity contribution in [1.29, 1.82) is 0 Å². The molecule has 0 fully saturated rings. The third kappa shape index (κ3) is 7.56. The largest absolute Gasteiger partial charge is 0.438 e. The third-order valence-corrected chi connectivity index (χ3v) is 4.04. The fourth-order valence-electron chi connectivity index (χ4n) is 1.55. The molecular formula is C13H18F3N3O5S. The Bertz CT molecular complexity index is 735. The van der Waals surface area contributed by atoms with E-state index in [1.54, 1.807) is 26.1 Å². The van der Waals surface area contributed by atoms with Gasteiger partial charge in [-0.1, -0.05) is 0 Å². The van der Waals surface area contributed by atoms with Gasteiger partial charge < -0.3 is 15.1 Å². The van der Waals surface area contributed by atoms with E-state index in [4.69, 9.17) is 4.42 Å². The molecule has 0 aliphatic heterocycles. The minimum atomic E-state index is -4.57. The first-order valence-electron chi connectivity index (χ1n) is 6.95. The second-order valence-electron chi connectivity index (χ2n) is 6.05. The summed E-state index contributed by atoms with van der Waals surface area (Å²) in [4.78, 5) is 22.9. The summed E-state index contributed by atoms with van der Waals surface area (Å²) < 4.78 is 67.1. The summed E-state index contributed by atoms with van der Waals surface area (Å²) in [6.07, 6.45) is -4.57. The maximum Gasteiger partial charge on any atom is 0.405 e. The van der Waals surface area contributed by atoms with Crippen molar-refractivity contribution < 1.29 is 35.6 Å². The molecule has 142 valence electrons. The number of amides is 2. The van der Waals surface area contributed by atoms with Crippen molar-refractivity contribution in [2.75, 3.05) is 13.1 Å². The third-order valence-electron chi connectivity index (χ3n) is 2.41. The predicted octanol–water partition coefficient (Wildman–Crippen LogP) is 0.765. The van der Waals surface area contributed by atoms with E-state index in [-0.39, 0.29) is 0 Å². The standard InChI is InChI=1S/C13H18F3N3O5S/c1-12(2,3)19-25(22,23)10-5-4-8(24-10)11(21)17-6-9(20)18-7-13(14,15)16/h4-5,19H,6-7H2,1-3H3,(H,17,21)(H,18,20). The summed E-state index contributed by atoms with van der Waals surface area (Å²) in [7, 11) is -3.99. The van der Waals surface area contributed by atoms with E-state index >= 15 is 0 Å². The molecule has 0 spiro atoms. The van der Waals surface area contributed by atoms with Crippen LogP contribution in [0.5, 0.6) is 0 Å². The van der Waals surface area contributed by atoms with Gasteiger partial charge in [-0.05, 0) is 32.9 Å². The monoisotopic (exact) mass is 385 g/mol. The number of hydrogen-bond acceptors (Lipinski definition) is 5. The number of halogens is 3. The molecule has 1 heterocycles. The molecule has 0 radical (unpaired) electrons. The number of furan rings is 1. The lowest BCUT2D eigenvalue weighted by Crippen LogP contribution is -2.41. The van der Waals surface area contributed by atoms with E-state index in [0.29, 0.717) is 0 Å². The van der Waals surface area contributed by atoms with Gasteiger partial charge in [0, 0.05) is 5.54 Å². The minimum Gasteiger partial charge on any atom is -0.438 e. The van der Waals surface area contributed by atoms with Crippen molar-refractivity contribution in [3.8, 4) is 0 Å². The summed E-state index contributed by atoms with van der Waals surface area (Å²) in [5, 5.41) is 3.08. The highest BCUT2D eigenvalue weighted by molar-refractivity contribution is 7.89. The number of nitrogens with one attached hydrogen (secondary N) is 3. The van der Waals surface area contributed by atoms with Gasteiger partial charge in [-0.15, -0.1) is 0 Å². The number of alkyl halides is 3. The first-order chi connectivity index (χ1) is 11.2. The quantitative estimate of drug-likeness (QED) is 0.668. The first kappa shape index (κ1) is 21.0. The summed E-state index contributed by atoms with van der Waals surface area (Å²) in [5.74, 6) is -2.41. The van der Waals surface area contributed by atoms with Crippen LogP contribution in [0.4, 0.5) is 13.2 Å². The van der Waals surface area contributed by atoms with Crippen molar-refractivity contribution >= 4 is 21.8 Å². The van der Waals surface area contributed by atoms with Gasteiger partial charge >= 0.3 is 6.18 Å². The molecule has 1 aromatic heterocycles. The van der Waals surface area contributed by atoms with E-state index in [2.05, 4.69) is 4.72 Å². The van der Waals surface area contributed by atoms with Crippen molar-refractivity contribution in [2.24, 2.45) is 0 Å².